The van der Waals surface area contributed by atoms with Gasteiger partial charge in [-0.1, -0.05) is 18.2 Å². The van der Waals surface area contributed by atoms with E-state index in [1.165, 1.54) is 24.3 Å². The minimum absolute atomic E-state index is 0.0654. The fourth-order valence-electron chi connectivity index (χ4n) is 1.52. The fourth-order valence-corrected chi connectivity index (χ4v) is 2.92. The van der Waals surface area contributed by atoms with Crippen molar-refractivity contribution in [1.29, 1.82) is 0 Å². The normalized spacial score (nSPS) is 12.7. The largest absolute Gasteiger partial charge is 0.289 e. The van der Waals surface area contributed by atoms with Crippen LogP contribution in [0.5, 0.6) is 0 Å². The van der Waals surface area contributed by atoms with E-state index >= 15 is 0 Å². The van der Waals surface area contributed by atoms with E-state index in [9.17, 15) is 12.6 Å². The summed E-state index contributed by atoms with van der Waals surface area (Å²) in [6.45, 7) is 0. The minimum atomic E-state index is -3.67. The van der Waals surface area contributed by atoms with Crippen LogP contribution in [0, 0.1) is 0 Å². The Bertz CT molecular complexity index is 700. The first-order valence-electron chi connectivity index (χ1n) is 5.53. The van der Waals surface area contributed by atoms with Crippen molar-refractivity contribution in [2.75, 3.05) is 9.44 Å². The van der Waals surface area contributed by atoms with E-state index < -0.39 is 21.3 Å². The molecule has 0 fully saturated rings. The van der Waals surface area contributed by atoms with Gasteiger partial charge >= 0.3 is 0 Å². The average molecular weight is 312 g/mol. The molecule has 2 aromatic carbocycles. The van der Waals surface area contributed by atoms with Crippen molar-refractivity contribution < 1.29 is 17.2 Å². The molecule has 8 heteroatoms. The molecule has 0 heterocycles. The molecule has 1 unspecified atom stereocenters. The third kappa shape index (κ3) is 3.80. The minimum Gasteiger partial charge on any atom is -0.289 e. The Morgan fingerprint density at radius 1 is 0.900 bits per heavy atom. The number of hydrogen-bond acceptors (Lipinski definition) is 3. The Morgan fingerprint density at radius 2 is 1.50 bits per heavy atom. The van der Waals surface area contributed by atoms with E-state index in [1.54, 1.807) is 30.3 Å². The van der Waals surface area contributed by atoms with Crippen LogP contribution in [0.1, 0.15) is 0 Å². The molecule has 0 aliphatic rings. The van der Waals surface area contributed by atoms with Crippen LogP contribution in [0.2, 0.25) is 0 Å². The van der Waals surface area contributed by atoms with Gasteiger partial charge in [0.15, 0.2) is 0 Å². The number of para-hydroxylation sites is 1. The van der Waals surface area contributed by atoms with Crippen LogP contribution in [0.4, 0.5) is 11.4 Å². The van der Waals surface area contributed by atoms with E-state index in [0.717, 1.165) is 0 Å². The fraction of sp³-hybridized carbons (Fsp3) is 0. The van der Waals surface area contributed by atoms with Gasteiger partial charge in [-0.25, -0.2) is 12.6 Å². The third-order valence-electron chi connectivity index (χ3n) is 2.40. The van der Waals surface area contributed by atoms with Gasteiger partial charge in [0.25, 0.3) is 21.3 Å². The Balaban J connectivity index is 2.19. The highest BCUT2D eigenvalue weighted by Crippen LogP contribution is 2.18. The molecule has 1 atom stereocenters. The van der Waals surface area contributed by atoms with Crippen LogP contribution < -0.4 is 9.44 Å². The van der Waals surface area contributed by atoms with Gasteiger partial charge in [0.1, 0.15) is 0 Å². The van der Waals surface area contributed by atoms with E-state index in [0.29, 0.717) is 11.4 Å². The predicted molar refractivity (Wildman–Crippen MR) is 78.1 cm³/mol. The second kappa shape index (κ2) is 6.04. The zero-order chi connectivity index (χ0) is 14.6. The summed E-state index contributed by atoms with van der Waals surface area (Å²) in [5.41, 5.74) is 0.815. The lowest BCUT2D eigenvalue weighted by Gasteiger charge is -2.08. The molecule has 0 aromatic heterocycles. The Hall–Kier alpha value is -1.90. The molecule has 0 saturated heterocycles. The molecule has 0 saturated carbocycles. The SMILES string of the molecule is O=S(O)Nc1ccc(S(=O)(=O)Nc2ccccc2)cc1. The first-order chi connectivity index (χ1) is 9.47. The number of sulfonamides is 1. The smallest absolute Gasteiger partial charge is 0.261 e. The lowest BCUT2D eigenvalue weighted by atomic mass is 10.3. The highest BCUT2D eigenvalue weighted by Gasteiger charge is 2.13. The predicted octanol–water partition coefficient (Wildman–Crippen LogP) is 2.04. The summed E-state index contributed by atoms with van der Waals surface area (Å²) >= 11 is -2.19. The first-order valence-corrected chi connectivity index (χ1v) is 8.12. The maximum absolute atomic E-state index is 12.1. The molecule has 2 aromatic rings. The van der Waals surface area contributed by atoms with Crippen molar-refractivity contribution in [2.45, 2.75) is 4.90 Å². The van der Waals surface area contributed by atoms with E-state index in [1.807, 2.05) is 0 Å². The molecule has 6 nitrogen and oxygen atoms in total. The molecular formula is C12H12N2O4S2. The Morgan fingerprint density at radius 3 is 2.05 bits per heavy atom. The number of hydrogen-bond donors (Lipinski definition) is 3. The zero-order valence-corrected chi connectivity index (χ0v) is 11.8. The molecule has 0 aliphatic heterocycles. The van der Waals surface area contributed by atoms with Crippen molar-refractivity contribution in [1.82, 2.24) is 0 Å². The molecule has 20 heavy (non-hydrogen) atoms. The topological polar surface area (TPSA) is 95.5 Å². The second-order valence-corrected chi connectivity index (χ2v) is 6.23. The lowest BCUT2D eigenvalue weighted by Crippen LogP contribution is -2.12. The van der Waals surface area contributed by atoms with Crippen LogP contribution >= 0.6 is 0 Å². The number of benzene rings is 2. The summed E-state index contributed by atoms with van der Waals surface area (Å²) in [7, 11) is -3.67. The molecule has 0 aliphatic carbocycles. The molecule has 0 radical (unpaired) electrons. The standard InChI is InChI=1S/C12H12N2O4S2/c15-19(16)13-10-6-8-12(9-7-10)20(17,18)14-11-4-2-1-3-5-11/h1-9,13-14H,(H,15,16). The summed E-state index contributed by atoms with van der Waals surface area (Å²) in [6, 6.07) is 14.0. The highest BCUT2D eigenvalue weighted by atomic mass is 32.2. The maximum atomic E-state index is 12.1. The number of nitrogens with one attached hydrogen (secondary N) is 2. The van der Waals surface area contributed by atoms with Crippen LogP contribution in [-0.2, 0) is 21.3 Å². The molecule has 2 rings (SSSR count). The van der Waals surface area contributed by atoms with Crippen molar-refractivity contribution in [3.8, 4) is 0 Å². The summed E-state index contributed by atoms with van der Waals surface area (Å²) in [6.07, 6.45) is 0. The summed E-state index contributed by atoms with van der Waals surface area (Å²) in [5.74, 6) is 0. The highest BCUT2D eigenvalue weighted by molar-refractivity contribution is 7.92. The van der Waals surface area contributed by atoms with Gasteiger partial charge in [-0.2, -0.15) is 0 Å². The van der Waals surface area contributed by atoms with Gasteiger partial charge in [0.2, 0.25) is 0 Å². The molecule has 106 valence electrons. The Labute approximate surface area is 119 Å². The number of anilines is 2. The number of rotatable bonds is 5. The quantitative estimate of drug-likeness (QED) is 0.736. The summed E-state index contributed by atoms with van der Waals surface area (Å²) in [5, 5.41) is 0. The van der Waals surface area contributed by atoms with Crippen LogP contribution in [0.15, 0.2) is 59.5 Å². The molecule has 3 N–H and O–H groups in total. The van der Waals surface area contributed by atoms with Crippen LogP contribution in [0.25, 0.3) is 0 Å². The summed E-state index contributed by atoms with van der Waals surface area (Å²) < 4.78 is 48.1. The lowest BCUT2D eigenvalue weighted by molar-refractivity contribution is 0.570. The monoisotopic (exact) mass is 312 g/mol. The molecule has 0 spiro atoms. The van der Waals surface area contributed by atoms with E-state index in [2.05, 4.69) is 9.44 Å². The van der Waals surface area contributed by atoms with Gasteiger partial charge < -0.3 is 0 Å². The average Bonchev–Trinajstić information content (AvgIpc) is 2.39. The molecule has 0 amide bonds. The maximum Gasteiger partial charge on any atom is 0.261 e. The third-order valence-corrected chi connectivity index (χ3v) is 4.20. The van der Waals surface area contributed by atoms with Crippen molar-refractivity contribution in [3.05, 3.63) is 54.6 Å². The first kappa shape index (κ1) is 14.5. The van der Waals surface area contributed by atoms with Gasteiger partial charge in [-0.05, 0) is 36.4 Å². The van der Waals surface area contributed by atoms with Gasteiger partial charge in [0, 0.05) is 11.4 Å². The molecular weight excluding hydrogens is 300 g/mol. The van der Waals surface area contributed by atoms with E-state index in [4.69, 9.17) is 4.55 Å². The van der Waals surface area contributed by atoms with Crippen molar-refractivity contribution in [2.24, 2.45) is 0 Å². The van der Waals surface area contributed by atoms with Crippen LogP contribution in [0.3, 0.4) is 0 Å². The zero-order valence-electron chi connectivity index (χ0n) is 10.2. The summed E-state index contributed by atoms with van der Waals surface area (Å²) in [4.78, 5) is 0.0654. The van der Waals surface area contributed by atoms with Crippen molar-refractivity contribution >= 4 is 32.7 Å². The second-order valence-electron chi connectivity index (χ2n) is 3.85. The molecule has 0 bridgehead atoms. The van der Waals surface area contributed by atoms with Gasteiger partial charge in [-0.3, -0.25) is 14.0 Å². The van der Waals surface area contributed by atoms with Crippen LogP contribution in [-0.4, -0.2) is 17.2 Å². The van der Waals surface area contributed by atoms with Crippen molar-refractivity contribution in [3.63, 3.8) is 0 Å². The Kier molecular flexibility index (Phi) is 4.38. The van der Waals surface area contributed by atoms with E-state index in [-0.39, 0.29) is 4.90 Å². The van der Waals surface area contributed by atoms with Gasteiger partial charge in [0.05, 0.1) is 4.90 Å². The van der Waals surface area contributed by atoms with Gasteiger partial charge in [-0.15, -0.1) is 0 Å².